The minimum Gasteiger partial charge on any atom is -0.354 e. The van der Waals surface area contributed by atoms with Crippen LogP contribution >= 0.6 is 24.8 Å². The van der Waals surface area contributed by atoms with Gasteiger partial charge in [0, 0.05) is 32.4 Å². The maximum absolute atomic E-state index is 4.36. The fourth-order valence-electron chi connectivity index (χ4n) is 1.59. The molecular weight excluding hydrogens is 233 g/mol. The molecule has 86 valence electrons. The van der Waals surface area contributed by atoms with E-state index in [1.54, 1.807) is 0 Å². The molecule has 3 nitrogen and oxygen atoms in total. The Kier molecular flexibility index (Phi) is 6.65. The molecule has 0 spiro atoms. The molecule has 1 aliphatic heterocycles. The summed E-state index contributed by atoms with van der Waals surface area (Å²) >= 11 is 0. The molecule has 1 N–H and O–H groups in total. The van der Waals surface area contributed by atoms with Gasteiger partial charge in [0.2, 0.25) is 0 Å². The second kappa shape index (κ2) is 6.88. The molecule has 0 bridgehead atoms. The van der Waals surface area contributed by atoms with Gasteiger partial charge in [-0.15, -0.1) is 24.8 Å². The smallest absolute Gasteiger partial charge is 0.128 e. The number of nitrogens with zero attached hydrogens (tertiary/aromatic N) is 2. The number of nitrogens with one attached hydrogen (secondary N) is 1. The van der Waals surface area contributed by atoms with Gasteiger partial charge in [-0.2, -0.15) is 0 Å². The molecule has 0 aromatic carbocycles. The number of hydrogen-bond donors (Lipinski definition) is 1. The molecule has 1 aromatic rings. The van der Waals surface area contributed by atoms with Crippen LogP contribution in [-0.4, -0.2) is 31.2 Å². The van der Waals surface area contributed by atoms with E-state index in [1.807, 2.05) is 12.3 Å². The third kappa shape index (κ3) is 3.86. The van der Waals surface area contributed by atoms with Crippen molar-refractivity contribution < 1.29 is 0 Å². The molecule has 0 aliphatic carbocycles. The zero-order chi connectivity index (χ0) is 9.10. The number of aryl methyl sites for hydroxylation is 1. The molecule has 0 amide bonds. The van der Waals surface area contributed by atoms with Crippen molar-refractivity contribution in [3.05, 3.63) is 23.9 Å². The molecule has 0 saturated carbocycles. The molecule has 0 atom stereocenters. The molecule has 15 heavy (non-hydrogen) atoms. The van der Waals surface area contributed by atoms with Crippen molar-refractivity contribution in [3.8, 4) is 0 Å². The third-order valence-corrected chi connectivity index (χ3v) is 2.34. The van der Waals surface area contributed by atoms with Crippen LogP contribution in [0.2, 0.25) is 0 Å². The van der Waals surface area contributed by atoms with E-state index in [0.717, 1.165) is 32.0 Å². The van der Waals surface area contributed by atoms with E-state index in [2.05, 4.69) is 28.2 Å². The zero-order valence-electron chi connectivity index (χ0n) is 8.77. The van der Waals surface area contributed by atoms with Gasteiger partial charge in [0.25, 0.3) is 0 Å². The molecule has 1 aromatic heterocycles. The first-order valence-electron chi connectivity index (χ1n) is 4.74. The van der Waals surface area contributed by atoms with Crippen LogP contribution in [0.4, 0.5) is 5.82 Å². The highest BCUT2D eigenvalue weighted by Crippen LogP contribution is 2.11. The number of hydrogen-bond acceptors (Lipinski definition) is 3. The van der Waals surface area contributed by atoms with Gasteiger partial charge in [0.15, 0.2) is 0 Å². The maximum Gasteiger partial charge on any atom is 0.128 e. The molecule has 0 unspecified atom stereocenters. The molecule has 2 rings (SSSR count). The molecule has 2 heterocycles. The Morgan fingerprint density at radius 3 is 2.53 bits per heavy atom. The molecule has 1 aliphatic rings. The topological polar surface area (TPSA) is 28.2 Å². The lowest BCUT2D eigenvalue weighted by Crippen LogP contribution is -2.43. The van der Waals surface area contributed by atoms with Crippen LogP contribution in [0.5, 0.6) is 0 Å². The van der Waals surface area contributed by atoms with Crippen molar-refractivity contribution in [2.75, 3.05) is 31.1 Å². The van der Waals surface area contributed by atoms with Crippen molar-refractivity contribution in [1.82, 2.24) is 10.3 Å². The summed E-state index contributed by atoms with van der Waals surface area (Å²) in [5.41, 5.74) is 1.28. The minimum atomic E-state index is 0. The number of pyridine rings is 1. The number of piperazine rings is 1. The summed E-state index contributed by atoms with van der Waals surface area (Å²) in [7, 11) is 0. The minimum absolute atomic E-state index is 0. The lowest BCUT2D eigenvalue weighted by atomic mass is 10.2. The van der Waals surface area contributed by atoms with Crippen LogP contribution < -0.4 is 10.2 Å². The third-order valence-electron chi connectivity index (χ3n) is 2.34. The predicted octanol–water partition coefficient (Wildman–Crippen LogP) is 1.64. The van der Waals surface area contributed by atoms with E-state index in [4.69, 9.17) is 0 Å². The number of rotatable bonds is 1. The van der Waals surface area contributed by atoms with Gasteiger partial charge in [-0.3, -0.25) is 0 Å². The van der Waals surface area contributed by atoms with Crippen LogP contribution in [-0.2, 0) is 0 Å². The number of aromatic nitrogens is 1. The van der Waals surface area contributed by atoms with Crippen LogP contribution in [0, 0.1) is 6.92 Å². The quantitative estimate of drug-likeness (QED) is 0.821. The van der Waals surface area contributed by atoms with Crippen molar-refractivity contribution in [1.29, 1.82) is 0 Å². The van der Waals surface area contributed by atoms with E-state index in [1.165, 1.54) is 5.56 Å². The fraction of sp³-hybridized carbons (Fsp3) is 0.500. The first kappa shape index (κ1) is 14.5. The normalized spacial score (nSPS) is 15.1. The molecule has 5 heteroatoms. The Hall–Kier alpha value is -0.510. The van der Waals surface area contributed by atoms with E-state index in [9.17, 15) is 0 Å². The summed E-state index contributed by atoms with van der Waals surface area (Å²) in [6, 6.07) is 4.18. The highest BCUT2D eigenvalue weighted by molar-refractivity contribution is 5.85. The Labute approximate surface area is 103 Å². The summed E-state index contributed by atoms with van der Waals surface area (Å²) < 4.78 is 0. The molecule has 1 saturated heterocycles. The van der Waals surface area contributed by atoms with E-state index >= 15 is 0 Å². The Bertz CT molecular complexity index is 288. The molecule has 0 radical (unpaired) electrons. The fourth-order valence-corrected chi connectivity index (χ4v) is 1.59. The summed E-state index contributed by atoms with van der Waals surface area (Å²) in [4.78, 5) is 6.68. The summed E-state index contributed by atoms with van der Waals surface area (Å²) in [6.07, 6.45) is 1.88. The standard InChI is InChI=1S/C10H15N3.2ClH/c1-9-2-3-12-10(8-9)13-6-4-11-5-7-13;;/h2-3,8,11H,4-7H2,1H3;2*1H. The largest absolute Gasteiger partial charge is 0.354 e. The van der Waals surface area contributed by atoms with Gasteiger partial charge in [0.05, 0.1) is 0 Å². The van der Waals surface area contributed by atoms with Gasteiger partial charge in [0.1, 0.15) is 5.82 Å². The van der Waals surface area contributed by atoms with E-state index < -0.39 is 0 Å². The van der Waals surface area contributed by atoms with Gasteiger partial charge in [-0.05, 0) is 24.6 Å². The summed E-state index contributed by atoms with van der Waals surface area (Å²) in [6.45, 7) is 6.37. The number of anilines is 1. The lowest BCUT2D eigenvalue weighted by Gasteiger charge is -2.28. The molecule has 1 fully saturated rings. The second-order valence-electron chi connectivity index (χ2n) is 3.43. The van der Waals surface area contributed by atoms with Gasteiger partial charge < -0.3 is 10.2 Å². The van der Waals surface area contributed by atoms with Gasteiger partial charge >= 0.3 is 0 Å². The SMILES string of the molecule is Cc1ccnc(N2CCNCC2)c1.Cl.Cl. The highest BCUT2D eigenvalue weighted by atomic mass is 35.5. The van der Waals surface area contributed by atoms with Crippen LogP contribution in [0.3, 0.4) is 0 Å². The highest BCUT2D eigenvalue weighted by Gasteiger charge is 2.10. The van der Waals surface area contributed by atoms with Crippen molar-refractivity contribution in [2.45, 2.75) is 6.92 Å². The summed E-state index contributed by atoms with van der Waals surface area (Å²) in [5, 5.41) is 3.33. The van der Waals surface area contributed by atoms with Crippen LogP contribution in [0.25, 0.3) is 0 Å². The van der Waals surface area contributed by atoms with E-state index in [-0.39, 0.29) is 24.8 Å². The first-order chi connectivity index (χ1) is 6.36. The zero-order valence-corrected chi connectivity index (χ0v) is 10.4. The van der Waals surface area contributed by atoms with Gasteiger partial charge in [-0.1, -0.05) is 0 Å². The van der Waals surface area contributed by atoms with Crippen LogP contribution in [0.1, 0.15) is 5.56 Å². The van der Waals surface area contributed by atoms with Crippen molar-refractivity contribution in [2.24, 2.45) is 0 Å². The monoisotopic (exact) mass is 249 g/mol. The second-order valence-corrected chi connectivity index (χ2v) is 3.43. The Morgan fingerprint density at radius 2 is 1.93 bits per heavy atom. The van der Waals surface area contributed by atoms with Gasteiger partial charge in [-0.25, -0.2) is 4.98 Å². The van der Waals surface area contributed by atoms with Crippen LogP contribution in [0.15, 0.2) is 18.3 Å². The average molecular weight is 250 g/mol. The number of halogens is 2. The maximum atomic E-state index is 4.36. The van der Waals surface area contributed by atoms with E-state index in [0.29, 0.717) is 0 Å². The average Bonchev–Trinajstić information content (AvgIpc) is 2.19. The Morgan fingerprint density at radius 1 is 1.27 bits per heavy atom. The predicted molar refractivity (Wildman–Crippen MR) is 68.6 cm³/mol. The van der Waals surface area contributed by atoms with Crippen molar-refractivity contribution in [3.63, 3.8) is 0 Å². The van der Waals surface area contributed by atoms with Crippen molar-refractivity contribution >= 4 is 30.6 Å². The Balaban J connectivity index is 0.000000980. The molecular formula is C10H17Cl2N3. The summed E-state index contributed by atoms with van der Waals surface area (Å²) in [5.74, 6) is 1.11. The first-order valence-corrected chi connectivity index (χ1v) is 4.74. The lowest BCUT2D eigenvalue weighted by molar-refractivity contribution is 0.585.